The predicted molar refractivity (Wildman–Crippen MR) is 116 cm³/mol. The molecular weight excluding hydrogens is 377 g/mol. The first-order chi connectivity index (χ1) is 14.4. The molecule has 2 heterocycles. The van der Waals surface area contributed by atoms with Crippen molar-refractivity contribution in [2.75, 3.05) is 13.1 Å². The average molecular weight is 412 g/mol. The van der Waals surface area contributed by atoms with Crippen molar-refractivity contribution in [2.24, 2.45) is 11.8 Å². The molecule has 2 aliphatic heterocycles. The van der Waals surface area contributed by atoms with Crippen LogP contribution in [0.25, 0.3) is 0 Å². The Bertz CT molecular complexity index is 809. The quantitative estimate of drug-likeness (QED) is 0.731. The van der Waals surface area contributed by atoms with Crippen molar-refractivity contribution in [3.8, 4) is 6.07 Å². The normalized spacial score (nSPS) is 28.0. The van der Waals surface area contributed by atoms with Gasteiger partial charge in [-0.15, -0.1) is 0 Å². The maximum atomic E-state index is 14.9. The number of nitriles is 1. The van der Waals surface area contributed by atoms with E-state index in [0.29, 0.717) is 35.9 Å². The van der Waals surface area contributed by atoms with Crippen molar-refractivity contribution in [1.29, 1.82) is 5.26 Å². The van der Waals surface area contributed by atoms with Gasteiger partial charge in [0.05, 0.1) is 18.0 Å². The third-order valence-corrected chi connectivity index (χ3v) is 7.61. The van der Waals surface area contributed by atoms with Gasteiger partial charge in [0.25, 0.3) is 0 Å². The van der Waals surface area contributed by atoms with Gasteiger partial charge >= 0.3 is 0 Å². The monoisotopic (exact) mass is 411 g/mol. The van der Waals surface area contributed by atoms with Crippen LogP contribution in [0.3, 0.4) is 0 Å². The molecule has 3 aliphatic rings. The molecule has 5 heteroatoms. The van der Waals surface area contributed by atoms with Gasteiger partial charge in [0, 0.05) is 18.5 Å². The van der Waals surface area contributed by atoms with Crippen LogP contribution in [0.4, 0.5) is 4.39 Å². The standard InChI is InChI=1S/C25H34FN3O/c1-16(2)29-9-7-18(8-10-29)19-3-4-20(23(26)14-19)11-17(15-27)12-24(30)25-21-5-6-22(13-21)28-25/h3-4,14,16-18,21-22,25,28H,5-13H2,1-2H3/t17-,21+,22-,25+/m1/s1. The molecular formula is C25H34FN3O. The summed E-state index contributed by atoms with van der Waals surface area (Å²) in [4.78, 5) is 15.2. The first kappa shape index (κ1) is 21.5. The highest BCUT2D eigenvalue weighted by molar-refractivity contribution is 5.85. The average Bonchev–Trinajstić information content (AvgIpc) is 3.38. The maximum Gasteiger partial charge on any atom is 0.151 e. The number of piperidine rings is 2. The molecule has 2 saturated heterocycles. The molecule has 1 aliphatic carbocycles. The summed E-state index contributed by atoms with van der Waals surface area (Å²) in [6, 6.07) is 8.72. The van der Waals surface area contributed by atoms with Crippen LogP contribution in [0.2, 0.25) is 0 Å². The Hall–Kier alpha value is -1.77. The molecule has 4 nitrogen and oxygen atoms in total. The third-order valence-electron chi connectivity index (χ3n) is 7.61. The zero-order chi connectivity index (χ0) is 21.3. The van der Waals surface area contributed by atoms with Gasteiger partial charge in [-0.1, -0.05) is 12.1 Å². The number of fused-ring (bicyclic) bond motifs is 2. The fraction of sp³-hybridized carbons (Fsp3) is 0.680. The number of halogens is 1. The highest BCUT2D eigenvalue weighted by atomic mass is 19.1. The molecule has 0 aromatic heterocycles. The van der Waals surface area contributed by atoms with Crippen molar-refractivity contribution in [3.63, 3.8) is 0 Å². The lowest BCUT2D eigenvalue weighted by Gasteiger charge is -2.34. The van der Waals surface area contributed by atoms with Crippen molar-refractivity contribution < 1.29 is 9.18 Å². The predicted octanol–water partition coefficient (Wildman–Crippen LogP) is 4.20. The summed E-state index contributed by atoms with van der Waals surface area (Å²) in [7, 11) is 0. The molecule has 0 amide bonds. The Kier molecular flexibility index (Phi) is 6.55. The number of carbonyl (C=O) groups excluding carboxylic acids is 1. The summed E-state index contributed by atoms with van der Waals surface area (Å²) in [5.74, 6) is 0.265. The summed E-state index contributed by atoms with van der Waals surface area (Å²) in [5, 5.41) is 13.0. The van der Waals surface area contributed by atoms with Crippen LogP contribution in [0.5, 0.6) is 0 Å². The van der Waals surface area contributed by atoms with Crippen LogP contribution in [-0.4, -0.2) is 41.9 Å². The fourth-order valence-corrected chi connectivity index (χ4v) is 5.75. The van der Waals surface area contributed by atoms with Gasteiger partial charge in [0.1, 0.15) is 5.82 Å². The van der Waals surface area contributed by atoms with Gasteiger partial charge in [0.2, 0.25) is 0 Å². The second kappa shape index (κ2) is 9.16. The number of nitrogens with zero attached hydrogens (tertiary/aromatic N) is 2. The molecule has 1 N–H and O–H groups in total. The van der Waals surface area contributed by atoms with E-state index in [1.54, 1.807) is 6.07 Å². The Morgan fingerprint density at radius 3 is 2.60 bits per heavy atom. The number of ketones is 1. The summed E-state index contributed by atoms with van der Waals surface area (Å²) in [6.07, 6.45) is 5.99. The SMILES string of the molecule is CC(C)N1CCC(c2ccc(C[C@@H](C#N)CC(=O)[C@H]3N[C@@H]4CC[C@H]3C4)c(F)c2)CC1. The number of likely N-dealkylation sites (tertiary alicyclic amines) is 1. The molecule has 4 rings (SSSR count). The summed E-state index contributed by atoms with van der Waals surface area (Å²) in [6.45, 7) is 6.56. The van der Waals surface area contributed by atoms with Gasteiger partial charge in [0.15, 0.2) is 5.78 Å². The van der Waals surface area contributed by atoms with E-state index >= 15 is 0 Å². The Morgan fingerprint density at radius 1 is 1.27 bits per heavy atom. The molecule has 1 saturated carbocycles. The van der Waals surface area contributed by atoms with Crippen molar-refractivity contribution in [1.82, 2.24) is 10.2 Å². The summed E-state index contributed by atoms with van der Waals surface area (Å²) >= 11 is 0. The number of carbonyl (C=O) groups is 1. The first-order valence-electron chi connectivity index (χ1n) is 11.6. The van der Waals surface area contributed by atoms with Crippen LogP contribution in [-0.2, 0) is 11.2 Å². The molecule has 4 atom stereocenters. The van der Waals surface area contributed by atoms with Crippen molar-refractivity contribution >= 4 is 5.78 Å². The lowest BCUT2D eigenvalue weighted by atomic mass is 9.86. The van der Waals surface area contributed by atoms with E-state index in [-0.39, 0.29) is 24.1 Å². The second-order valence-electron chi connectivity index (χ2n) is 9.87. The molecule has 30 heavy (non-hydrogen) atoms. The maximum absolute atomic E-state index is 14.9. The molecule has 1 aromatic rings. The van der Waals surface area contributed by atoms with E-state index in [1.165, 1.54) is 0 Å². The van der Waals surface area contributed by atoms with Gasteiger partial charge in [-0.05, 0) is 94.5 Å². The van der Waals surface area contributed by atoms with Crippen LogP contribution < -0.4 is 5.32 Å². The summed E-state index contributed by atoms with van der Waals surface area (Å²) in [5.41, 5.74) is 1.62. The highest BCUT2D eigenvalue weighted by Crippen LogP contribution is 2.36. The van der Waals surface area contributed by atoms with E-state index < -0.39 is 5.92 Å². The largest absolute Gasteiger partial charge is 0.304 e. The molecule has 162 valence electrons. The Balaban J connectivity index is 1.34. The number of hydrogen-bond donors (Lipinski definition) is 1. The summed E-state index contributed by atoms with van der Waals surface area (Å²) < 4.78 is 14.9. The number of Topliss-reactive ketones (excluding diaryl/α,β-unsaturated/α-hetero) is 1. The van der Waals surface area contributed by atoms with Crippen molar-refractivity contribution in [2.45, 2.75) is 82.8 Å². The molecule has 3 fully saturated rings. The molecule has 0 unspecified atom stereocenters. The van der Waals surface area contributed by atoms with Crippen LogP contribution in [0.1, 0.15) is 69.4 Å². The van der Waals surface area contributed by atoms with Crippen LogP contribution in [0.15, 0.2) is 18.2 Å². The molecule has 2 bridgehead atoms. The zero-order valence-electron chi connectivity index (χ0n) is 18.2. The first-order valence-corrected chi connectivity index (χ1v) is 11.6. The van der Waals surface area contributed by atoms with E-state index in [1.807, 2.05) is 12.1 Å². The number of nitrogens with one attached hydrogen (secondary N) is 1. The fourth-order valence-electron chi connectivity index (χ4n) is 5.75. The van der Waals surface area contributed by atoms with Gasteiger partial charge < -0.3 is 10.2 Å². The minimum atomic E-state index is -0.465. The molecule has 1 aromatic carbocycles. The lowest BCUT2D eigenvalue weighted by Crippen LogP contribution is -2.42. The number of rotatable bonds is 7. The van der Waals surface area contributed by atoms with Gasteiger partial charge in [-0.25, -0.2) is 4.39 Å². The van der Waals surface area contributed by atoms with Crippen molar-refractivity contribution in [3.05, 3.63) is 35.1 Å². The minimum absolute atomic E-state index is 0.0940. The molecule has 0 spiro atoms. The topological polar surface area (TPSA) is 56.1 Å². The third kappa shape index (κ3) is 4.60. The smallest absolute Gasteiger partial charge is 0.151 e. The number of hydrogen-bond acceptors (Lipinski definition) is 4. The van der Waals surface area contributed by atoms with E-state index in [2.05, 4.69) is 30.1 Å². The number of benzene rings is 1. The van der Waals surface area contributed by atoms with E-state index in [0.717, 1.165) is 50.8 Å². The minimum Gasteiger partial charge on any atom is -0.304 e. The van der Waals surface area contributed by atoms with Gasteiger partial charge in [-0.3, -0.25) is 4.79 Å². The lowest BCUT2D eigenvalue weighted by molar-refractivity contribution is -0.122. The highest BCUT2D eigenvalue weighted by Gasteiger charge is 2.42. The van der Waals surface area contributed by atoms with E-state index in [4.69, 9.17) is 0 Å². The van der Waals surface area contributed by atoms with Crippen LogP contribution >= 0.6 is 0 Å². The Morgan fingerprint density at radius 2 is 2.03 bits per heavy atom. The van der Waals surface area contributed by atoms with Gasteiger partial charge in [-0.2, -0.15) is 5.26 Å². The second-order valence-corrected chi connectivity index (χ2v) is 9.87. The Labute approximate surface area is 179 Å². The van der Waals surface area contributed by atoms with E-state index in [9.17, 15) is 14.4 Å². The zero-order valence-corrected chi connectivity index (χ0v) is 18.2. The van der Waals surface area contributed by atoms with Crippen LogP contribution in [0, 0.1) is 29.0 Å². The molecule has 0 radical (unpaired) electrons.